The molecule has 1 saturated heterocycles. The molecule has 0 radical (unpaired) electrons. The van der Waals surface area contributed by atoms with Crippen molar-refractivity contribution in [2.75, 3.05) is 11.2 Å². The van der Waals surface area contributed by atoms with E-state index in [0.29, 0.717) is 0 Å². The highest BCUT2D eigenvalue weighted by Crippen LogP contribution is 2.40. The van der Waals surface area contributed by atoms with Gasteiger partial charge in [0.1, 0.15) is 5.54 Å². The van der Waals surface area contributed by atoms with Gasteiger partial charge in [0.25, 0.3) is 5.91 Å². The van der Waals surface area contributed by atoms with Crippen LogP contribution in [0.3, 0.4) is 0 Å². The van der Waals surface area contributed by atoms with Crippen molar-refractivity contribution in [2.45, 2.75) is 17.6 Å². The number of thioether (sulfide) groups is 1. The smallest absolute Gasteiger partial charge is 0.255 e. The molecule has 3 N–H and O–H groups in total. The molecule has 114 valence electrons. The normalized spacial score (nSPS) is 28.1. The summed E-state index contributed by atoms with van der Waals surface area (Å²) < 4.78 is 0. The van der Waals surface area contributed by atoms with Gasteiger partial charge in [0.2, 0.25) is 5.12 Å². The summed E-state index contributed by atoms with van der Waals surface area (Å²) in [5, 5.41) is 2.34. The quantitative estimate of drug-likeness (QED) is 0.855. The Morgan fingerprint density at radius 3 is 2.14 bits per heavy atom. The molecule has 1 unspecified atom stereocenters. The van der Waals surface area contributed by atoms with E-state index in [0.717, 1.165) is 11.3 Å². The zero-order valence-electron chi connectivity index (χ0n) is 12.6. The van der Waals surface area contributed by atoms with Crippen LogP contribution in [0, 0.1) is 0 Å². The number of hydrogen-bond donors (Lipinski definition) is 2. The van der Waals surface area contributed by atoms with Gasteiger partial charge in [-0.15, -0.1) is 11.8 Å². The van der Waals surface area contributed by atoms with Crippen LogP contribution in [-0.2, 0) is 10.3 Å². The molecule has 3 rings (SSSR count). The van der Waals surface area contributed by atoms with Crippen molar-refractivity contribution in [3.8, 4) is 0 Å². The molecule has 0 aliphatic carbocycles. The maximum Gasteiger partial charge on any atom is 0.255 e. The predicted molar refractivity (Wildman–Crippen MR) is 91.3 cm³/mol. The van der Waals surface area contributed by atoms with Gasteiger partial charge in [0.05, 0.1) is 0 Å². The molecule has 22 heavy (non-hydrogen) atoms. The largest absolute Gasteiger partial charge is 0.287 e. The number of nitrogens with one attached hydrogen (secondary N) is 1. The fourth-order valence-electron chi connectivity index (χ4n) is 2.84. The van der Waals surface area contributed by atoms with Gasteiger partial charge in [0, 0.05) is 5.69 Å². The standard InChI is InChI=1S/C17H19N3OS/c1-16(13-9-5-3-6-10-13)15(21)20(17(18,19-16)22-2)14-11-7-4-8-12-14/h3-12,19H,18H2,1-2H3/t16-,17?/m0/s1. The summed E-state index contributed by atoms with van der Waals surface area (Å²) in [5.74, 6) is -0.0539. The van der Waals surface area contributed by atoms with Crippen molar-refractivity contribution < 1.29 is 4.79 Å². The first-order valence-corrected chi connectivity index (χ1v) is 8.32. The van der Waals surface area contributed by atoms with E-state index in [1.807, 2.05) is 73.8 Å². The molecule has 2 aromatic rings. The lowest BCUT2D eigenvalue weighted by Gasteiger charge is -2.32. The van der Waals surface area contributed by atoms with Gasteiger partial charge < -0.3 is 0 Å². The number of carbonyl (C=O) groups is 1. The lowest BCUT2D eigenvalue weighted by molar-refractivity contribution is -0.121. The Balaban J connectivity index is 2.10. The highest BCUT2D eigenvalue weighted by molar-refractivity contribution is 8.00. The maximum atomic E-state index is 13.2. The molecule has 2 aromatic carbocycles. The number of rotatable bonds is 3. The minimum absolute atomic E-state index is 0.0539. The molecule has 0 aromatic heterocycles. The third-order valence-electron chi connectivity index (χ3n) is 4.07. The lowest BCUT2D eigenvalue weighted by atomic mass is 9.92. The topological polar surface area (TPSA) is 58.4 Å². The van der Waals surface area contributed by atoms with Crippen molar-refractivity contribution in [1.82, 2.24) is 5.32 Å². The van der Waals surface area contributed by atoms with E-state index in [4.69, 9.17) is 5.73 Å². The fraction of sp³-hybridized carbons (Fsp3) is 0.235. The van der Waals surface area contributed by atoms with Crippen LogP contribution in [0.15, 0.2) is 60.7 Å². The molecule has 0 saturated carbocycles. The molecule has 2 atom stereocenters. The monoisotopic (exact) mass is 313 g/mol. The second kappa shape index (κ2) is 5.43. The number of nitrogens with zero attached hydrogens (tertiary/aromatic N) is 1. The van der Waals surface area contributed by atoms with E-state index in [9.17, 15) is 4.79 Å². The first kappa shape index (κ1) is 15.1. The molecule has 0 bridgehead atoms. The summed E-state index contributed by atoms with van der Waals surface area (Å²) in [6, 6.07) is 19.2. The minimum Gasteiger partial charge on any atom is -0.287 e. The Kier molecular flexibility index (Phi) is 3.72. The number of nitrogens with two attached hydrogens (primary N) is 1. The number of benzene rings is 2. The molecule has 4 nitrogen and oxygen atoms in total. The van der Waals surface area contributed by atoms with Crippen molar-refractivity contribution >= 4 is 23.4 Å². The van der Waals surface area contributed by atoms with E-state index in [-0.39, 0.29) is 5.91 Å². The molecule has 1 fully saturated rings. The second-order valence-corrected chi connectivity index (χ2v) is 6.52. The molecular weight excluding hydrogens is 294 g/mol. The van der Waals surface area contributed by atoms with Crippen LogP contribution in [0.4, 0.5) is 5.69 Å². The van der Waals surface area contributed by atoms with Gasteiger partial charge in [0.15, 0.2) is 0 Å². The van der Waals surface area contributed by atoms with Crippen molar-refractivity contribution in [2.24, 2.45) is 5.73 Å². The Morgan fingerprint density at radius 1 is 1.05 bits per heavy atom. The molecule has 5 heteroatoms. The van der Waals surface area contributed by atoms with Gasteiger partial charge in [-0.25, -0.2) is 0 Å². The van der Waals surface area contributed by atoms with Gasteiger partial charge in [-0.3, -0.25) is 20.7 Å². The first-order chi connectivity index (χ1) is 10.5. The Labute approximate surface area is 134 Å². The van der Waals surface area contributed by atoms with E-state index in [1.54, 1.807) is 4.90 Å². The molecular formula is C17H19N3OS. The zero-order valence-corrected chi connectivity index (χ0v) is 13.4. The van der Waals surface area contributed by atoms with Gasteiger partial charge in [-0.05, 0) is 30.9 Å². The third-order valence-corrected chi connectivity index (χ3v) is 4.98. The van der Waals surface area contributed by atoms with Crippen LogP contribution >= 0.6 is 11.8 Å². The number of anilines is 1. The summed E-state index contributed by atoms with van der Waals surface area (Å²) in [5.41, 5.74) is 7.34. The van der Waals surface area contributed by atoms with Crippen LogP contribution in [-0.4, -0.2) is 17.3 Å². The highest BCUT2D eigenvalue weighted by atomic mass is 32.2. The lowest BCUT2D eigenvalue weighted by Crippen LogP contribution is -2.58. The van der Waals surface area contributed by atoms with Crippen LogP contribution in [0.5, 0.6) is 0 Å². The maximum absolute atomic E-state index is 13.2. The van der Waals surface area contributed by atoms with Crippen LogP contribution in [0.2, 0.25) is 0 Å². The SMILES string of the molecule is CSC1(N)N[C@@](C)(c2ccccc2)C(=O)N1c1ccccc1. The fourth-order valence-corrected chi connectivity index (χ4v) is 3.51. The van der Waals surface area contributed by atoms with Crippen molar-refractivity contribution in [3.63, 3.8) is 0 Å². The van der Waals surface area contributed by atoms with Crippen molar-refractivity contribution in [3.05, 3.63) is 66.2 Å². The molecule has 1 aliphatic heterocycles. The number of amides is 1. The third kappa shape index (κ3) is 2.22. The van der Waals surface area contributed by atoms with Crippen LogP contribution in [0.25, 0.3) is 0 Å². The predicted octanol–water partition coefficient (Wildman–Crippen LogP) is 2.47. The van der Waals surface area contributed by atoms with Gasteiger partial charge in [-0.1, -0.05) is 48.5 Å². The number of para-hydroxylation sites is 1. The van der Waals surface area contributed by atoms with Gasteiger partial charge >= 0.3 is 0 Å². The summed E-state index contributed by atoms with van der Waals surface area (Å²) >= 11 is 1.41. The molecule has 0 spiro atoms. The van der Waals surface area contributed by atoms with Crippen molar-refractivity contribution in [1.29, 1.82) is 0 Å². The summed E-state index contributed by atoms with van der Waals surface area (Å²) in [6.45, 7) is 1.88. The molecule has 1 aliphatic rings. The molecule has 1 heterocycles. The van der Waals surface area contributed by atoms with Gasteiger partial charge in [-0.2, -0.15) is 0 Å². The summed E-state index contributed by atoms with van der Waals surface area (Å²) in [7, 11) is 0. The Bertz CT molecular complexity index is 679. The molecule has 1 amide bonds. The average Bonchev–Trinajstić information content (AvgIpc) is 2.77. The zero-order chi connectivity index (χ0) is 15.8. The average molecular weight is 313 g/mol. The minimum atomic E-state index is -0.983. The summed E-state index contributed by atoms with van der Waals surface area (Å²) in [4.78, 5) is 14.8. The van der Waals surface area contributed by atoms with E-state index < -0.39 is 10.7 Å². The second-order valence-electron chi connectivity index (χ2n) is 5.49. The first-order valence-electron chi connectivity index (χ1n) is 7.10. The van der Waals surface area contributed by atoms with Crippen LogP contribution < -0.4 is 16.0 Å². The van der Waals surface area contributed by atoms with E-state index >= 15 is 0 Å². The number of hydrogen-bond acceptors (Lipinski definition) is 4. The number of carbonyl (C=O) groups excluding carboxylic acids is 1. The van der Waals surface area contributed by atoms with E-state index in [2.05, 4.69) is 5.32 Å². The summed E-state index contributed by atoms with van der Waals surface area (Å²) in [6.07, 6.45) is 1.90. The Morgan fingerprint density at radius 2 is 1.59 bits per heavy atom. The van der Waals surface area contributed by atoms with Crippen LogP contribution in [0.1, 0.15) is 12.5 Å². The Hall–Kier alpha value is -1.82. The highest BCUT2D eigenvalue weighted by Gasteiger charge is 2.56. The van der Waals surface area contributed by atoms with E-state index in [1.165, 1.54) is 11.8 Å².